The Morgan fingerprint density at radius 3 is 2.86 bits per heavy atom. The van der Waals surface area contributed by atoms with Gasteiger partial charge in [0.05, 0.1) is 11.2 Å². The predicted molar refractivity (Wildman–Crippen MR) is 91.0 cm³/mol. The van der Waals surface area contributed by atoms with E-state index < -0.39 is 0 Å². The van der Waals surface area contributed by atoms with Gasteiger partial charge in [0.15, 0.2) is 5.13 Å². The van der Waals surface area contributed by atoms with Crippen LogP contribution in [0.2, 0.25) is 0 Å². The third-order valence-corrected chi connectivity index (χ3v) is 4.38. The smallest absolute Gasteiger partial charge is 0.183 e. The van der Waals surface area contributed by atoms with Gasteiger partial charge in [-0.05, 0) is 32.4 Å². The first-order valence-corrected chi connectivity index (χ1v) is 8.14. The van der Waals surface area contributed by atoms with Crippen molar-refractivity contribution in [2.45, 2.75) is 33.2 Å². The summed E-state index contributed by atoms with van der Waals surface area (Å²) in [6.07, 6.45) is 1.09. The lowest BCUT2D eigenvalue weighted by molar-refractivity contribution is 0.763. The zero-order valence-electron chi connectivity index (χ0n) is 12.6. The van der Waals surface area contributed by atoms with E-state index >= 15 is 0 Å². The Kier molecular flexibility index (Phi) is 3.88. The second-order valence-electron chi connectivity index (χ2n) is 5.32. The molecule has 0 radical (unpaired) electrons. The number of pyridine rings is 1. The number of benzene rings is 1. The number of thiazole rings is 1. The van der Waals surface area contributed by atoms with Gasteiger partial charge < -0.3 is 5.32 Å². The standard InChI is InChI=1S/C17H19N3S/c1-4-11(2)19-17-20-16(10-21-17)14-9-12(3)18-15-8-6-5-7-13(14)15/h5-11H,4H2,1-3H3,(H,19,20). The van der Waals surface area contributed by atoms with Crippen LogP contribution in [0.4, 0.5) is 5.13 Å². The van der Waals surface area contributed by atoms with Crippen molar-refractivity contribution in [2.75, 3.05) is 5.32 Å². The number of fused-ring (bicyclic) bond motifs is 1. The van der Waals surface area contributed by atoms with Crippen molar-refractivity contribution in [3.05, 3.63) is 41.4 Å². The van der Waals surface area contributed by atoms with Crippen LogP contribution in [-0.4, -0.2) is 16.0 Å². The van der Waals surface area contributed by atoms with Crippen molar-refractivity contribution in [1.82, 2.24) is 9.97 Å². The lowest BCUT2D eigenvalue weighted by atomic mass is 10.1. The Labute approximate surface area is 129 Å². The summed E-state index contributed by atoms with van der Waals surface area (Å²) in [4.78, 5) is 9.33. The van der Waals surface area contributed by atoms with E-state index in [2.05, 4.69) is 47.7 Å². The molecule has 0 amide bonds. The van der Waals surface area contributed by atoms with E-state index in [1.54, 1.807) is 11.3 Å². The Hall–Kier alpha value is -1.94. The molecule has 0 spiro atoms. The molecule has 2 heterocycles. The van der Waals surface area contributed by atoms with Gasteiger partial charge in [0.25, 0.3) is 0 Å². The van der Waals surface area contributed by atoms with Gasteiger partial charge >= 0.3 is 0 Å². The SMILES string of the molecule is CCC(C)Nc1nc(-c2cc(C)nc3ccccc23)cs1. The highest BCUT2D eigenvalue weighted by Crippen LogP contribution is 2.31. The van der Waals surface area contributed by atoms with Gasteiger partial charge in [0.1, 0.15) is 0 Å². The first-order valence-electron chi connectivity index (χ1n) is 7.26. The van der Waals surface area contributed by atoms with Crippen LogP contribution in [0.25, 0.3) is 22.2 Å². The number of nitrogens with zero attached hydrogens (tertiary/aromatic N) is 2. The molecule has 1 unspecified atom stereocenters. The van der Waals surface area contributed by atoms with Crippen molar-refractivity contribution in [1.29, 1.82) is 0 Å². The Bertz CT molecular complexity index is 764. The third-order valence-electron chi connectivity index (χ3n) is 3.61. The summed E-state index contributed by atoms with van der Waals surface area (Å²) < 4.78 is 0. The van der Waals surface area contributed by atoms with E-state index in [0.29, 0.717) is 6.04 Å². The minimum atomic E-state index is 0.444. The number of rotatable bonds is 4. The van der Waals surface area contributed by atoms with Crippen LogP contribution in [0, 0.1) is 6.92 Å². The molecule has 0 saturated heterocycles. The van der Waals surface area contributed by atoms with E-state index in [1.807, 2.05) is 19.1 Å². The average Bonchev–Trinajstić information content (AvgIpc) is 2.94. The minimum Gasteiger partial charge on any atom is -0.359 e. The fourth-order valence-electron chi connectivity index (χ4n) is 2.30. The number of hydrogen-bond donors (Lipinski definition) is 1. The molecular formula is C17H19N3S. The van der Waals surface area contributed by atoms with E-state index in [0.717, 1.165) is 39.4 Å². The zero-order valence-corrected chi connectivity index (χ0v) is 13.4. The third kappa shape index (κ3) is 2.90. The molecule has 1 atom stereocenters. The number of hydrogen-bond acceptors (Lipinski definition) is 4. The lowest BCUT2D eigenvalue weighted by Gasteiger charge is -2.09. The molecule has 108 valence electrons. The Morgan fingerprint density at radius 1 is 1.24 bits per heavy atom. The Balaban J connectivity index is 2.04. The van der Waals surface area contributed by atoms with Crippen LogP contribution in [0.3, 0.4) is 0 Å². The molecule has 1 N–H and O–H groups in total. The van der Waals surface area contributed by atoms with Crippen LogP contribution in [0.1, 0.15) is 26.0 Å². The molecule has 0 saturated carbocycles. The topological polar surface area (TPSA) is 37.8 Å². The summed E-state index contributed by atoms with van der Waals surface area (Å²) in [5.74, 6) is 0. The molecule has 0 aliphatic rings. The van der Waals surface area contributed by atoms with Gasteiger partial charge in [-0.1, -0.05) is 25.1 Å². The number of anilines is 1. The summed E-state index contributed by atoms with van der Waals surface area (Å²) >= 11 is 1.66. The molecule has 0 aliphatic carbocycles. The molecule has 0 fully saturated rings. The second-order valence-corrected chi connectivity index (χ2v) is 6.18. The Morgan fingerprint density at radius 2 is 2.05 bits per heavy atom. The number of nitrogens with one attached hydrogen (secondary N) is 1. The quantitative estimate of drug-likeness (QED) is 0.746. The van der Waals surface area contributed by atoms with Crippen LogP contribution in [-0.2, 0) is 0 Å². The minimum absolute atomic E-state index is 0.444. The fraction of sp³-hybridized carbons (Fsp3) is 0.294. The lowest BCUT2D eigenvalue weighted by Crippen LogP contribution is -2.12. The van der Waals surface area contributed by atoms with Gasteiger partial charge in [-0.3, -0.25) is 4.98 Å². The van der Waals surface area contributed by atoms with E-state index in [1.165, 1.54) is 0 Å². The summed E-state index contributed by atoms with van der Waals surface area (Å²) in [7, 11) is 0. The highest BCUT2D eigenvalue weighted by atomic mass is 32.1. The summed E-state index contributed by atoms with van der Waals surface area (Å²) in [6.45, 7) is 6.37. The van der Waals surface area contributed by atoms with Crippen molar-refractivity contribution in [3.63, 3.8) is 0 Å². The maximum absolute atomic E-state index is 4.74. The summed E-state index contributed by atoms with van der Waals surface area (Å²) in [5.41, 5.74) is 4.23. The van der Waals surface area contributed by atoms with Crippen LogP contribution < -0.4 is 5.32 Å². The number of para-hydroxylation sites is 1. The predicted octanol–water partition coefficient (Wildman–Crippen LogP) is 4.88. The average molecular weight is 297 g/mol. The largest absolute Gasteiger partial charge is 0.359 e. The molecule has 3 aromatic rings. The summed E-state index contributed by atoms with van der Waals surface area (Å²) in [5, 5.41) is 7.69. The van der Waals surface area contributed by atoms with Crippen molar-refractivity contribution in [2.24, 2.45) is 0 Å². The van der Waals surface area contributed by atoms with E-state index in [9.17, 15) is 0 Å². The van der Waals surface area contributed by atoms with Crippen LogP contribution >= 0.6 is 11.3 Å². The first-order chi connectivity index (χ1) is 10.2. The fourth-order valence-corrected chi connectivity index (χ4v) is 3.12. The first kappa shape index (κ1) is 14.0. The molecule has 3 rings (SSSR count). The van der Waals surface area contributed by atoms with E-state index in [4.69, 9.17) is 4.98 Å². The molecule has 0 aliphatic heterocycles. The highest BCUT2D eigenvalue weighted by molar-refractivity contribution is 7.14. The van der Waals surface area contributed by atoms with Gasteiger partial charge in [-0.2, -0.15) is 0 Å². The van der Waals surface area contributed by atoms with Crippen LogP contribution in [0.15, 0.2) is 35.7 Å². The summed E-state index contributed by atoms with van der Waals surface area (Å²) in [6, 6.07) is 10.8. The number of aryl methyl sites for hydroxylation is 1. The molecule has 0 bridgehead atoms. The second kappa shape index (κ2) is 5.82. The molecule has 1 aromatic carbocycles. The van der Waals surface area contributed by atoms with E-state index in [-0.39, 0.29) is 0 Å². The molecule has 2 aromatic heterocycles. The maximum Gasteiger partial charge on any atom is 0.183 e. The maximum atomic E-state index is 4.74. The van der Waals surface area contributed by atoms with Crippen LogP contribution in [0.5, 0.6) is 0 Å². The number of aromatic nitrogens is 2. The monoisotopic (exact) mass is 297 g/mol. The van der Waals surface area contributed by atoms with Gasteiger partial charge in [-0.15, -0.1) is 11.3 Å². The highest BCUT2D eigenvalue weighted by Gasteiger charge is 2.10. The molecule has 3 nitrogen and oxygen atoms in total. The van der Waals surface area contributed by atoms with Crippen molar-refractivity contribution < 1.29 is 0 Å². The van der Waals surface area contributed by atoms with Crippen molar-refractivity contribution >= 4 is 27.4 Å². The molecule has 21 heavy (non-hydrogen) atoms. The molecule has 4 heteroatoms. The van der Waals surface area contributed by atoms with Crippen molar-refractivity contribution in [3.8, 4) is 11.3 Å². The van der Waals surface area contributed by atoms with Gasteiger partial charge in [0, 0.05) is 28.1 Å². The normalized spacial score (nSPS) is 12.5. The van der Waals surface area contributed by atoms with Gasteiger partial charge in [0.2, 0.25) is 0 Å². The molecular weight excluding hydrogens is 278 g/mol. The van der Waals surface area contributed by atoms with Gasteiger partial charge in [-0.25, -0.2) is 4.98 Å². The zero-order chi connectivity index (χ0) is 14.8.